The van der Waals surface area contributed by atoms with Crippen molar-refractivity contribution in [3.05, 3.63) is 58.1 Å². The van der Waals surface area contributed by atoms with Gasteiger partial charge in [0.1, 0.15) is 11.5 Å². The van der Waals surface area contributed by atoms with Crippen molar-refractivity contribution in [2.24, 2.45) is 9.98 Å². The lowest BCUT2D eigenvalue weighted by Crippen LogP contribution is -2.21. The molecule has 2 aromatic rings. The summed E-state index contributed by atoms with van der Waals surface area (Å²) in [6, 6.07) is 13.0. The van der Waals surface area contributed by atoms with Crippen LogP contribution in [-0.4, -0.2) is 24.3 Å². The average Bonchev–Trinajstić information content (AvgIpc) is 2.64. The fourth-order valence-electron chi connectivity index (χ4n) is 2.59. The van der Waals surface area contributed by atoms with Crippen LogP contribution < -0.4 is 9.47 Å². The van der Waals surface area contributed by atoms with Crippen LogP contribution in [0.2, 0.25) is 5.02 Å². The van der Waals surface area contributed by atoms with E-state index in [4.69, 9.17) is 37.9 Å². The third-order valence-electron chi connectivity index (χ3n) is 3.78. The zero-order valence-corrected chi connectivity index (χ0v) is 16.2. The fourth-order valence-corrected chi connectivity index (χ4v) is 2.97. The molecular weight excluding hydrogens is 385 g/mol. The summed E-state index contributed by atoms with van der Waals surface area (Å²) in [5, 5.41) is 9.43. The van der Waals surface area contributed by atoms with E-state index in [2.05, 4.69) is 22.1 Å². The van der Waals surface area contributed by atoms with Crippen LogP contribution in [0.3, 0.4) is 0 Å². The molecular formula is C20H17Cl2N3O2. The number of aliphatic imine (C=N–C) groups is 2. The van der Waals surface area contributed by atoms with Gasteiger partial charge in [0.15, 0.2) is 0 Å². The maximum Gasteiger partial charge on any atom is 0.320 e. The minimum absolute atomic E-state index is 0.228. The first-order valence-electron chi connectivity index (χ1n) is 8.41. The Labute approximate surface area is 167 Å². The lowest BCUT2D eigenvalue weighted by molar-refractivity contribution is 0.503. The second kappa shape index (κ2) is 8.90. The van der Waals surface area contributed by atoms with Crippen molar-refractivity contribution in [1.82, 2.24) is 0 Å². The van der Waals surface area contributed by atoms with Gasteiger partial charge in [0.05, 0.1) is 23.2 Å². The molecule has 7 heteroatoms. The molecule has 2 aromatic carbocycles. The van der Waals surface area contributed by atoms with E-state index in [0.29, 0.717) is 46.8 Å². The van der Waals surface area contributed by atoms with Gasteiger partial charge in [0.2, 0.25) is 5.90 Å². The summed E-state index contributed by atoms with van der Waals surface area (Å²) in [5.41, 5.74) is 2.63. The van der Waals surface area contributed by atoms with Crippen molar-refractivity contribution in [2.75, 3.05) is 12.4 Å². The van der Waals surface area contributed by atoms with Crippen LogP contribution in [0.25, 0.3) is 0 Å². The van der Waals surface area contributed by atoms with E-state index in [1.807, 2.05) is 19.1 Å². The summed E-state index contributed by atoms with van der Waals surface area (Å²) < 4.78 is 11.6. The Morgan fingerprint density at radius 3 is 2.81 bits per heavy atom. The Morgan fingerprint density at radius 1 is 1.19 bits per heavy atom. The molecule has 0 amide bonds. The van der Waals surface area contributed by atoms with E-state index >= 15 is 0 Å². The summed E-state index contributed by atoms with van der Waals surface area (Å²) in [6.45, 7) is 2.49. The molecule has 1 aliphatic heterocycles. The number of rotatable bonds is 4. The van der Waals surface area contributed by atoms with Gasteiger partial charge >= 0.3 is 6.02 Å². The average molecular weight is 402 g/mol. The number of benzene rings is 2. The van der Waals surface area contributed by atoms with Gasteiger partial charge in [-0.25, -0.2) is 4.99 Å². The van der Waals surface area contributed by atoms with Gasteiger partial charge in [-0.15, -0.1) is 11.6 Å². The van der Waals surface area contributed by atoms with E-state index in [0.717, 1.165) is 17.5 Å². The molecule has 0 aromatic heterocycles. The molecule has 0 atom stereocenters. The highest BCUT2D eigenvalue weighted by Gasteiger charge is 2.15. The van der Waals surface area contributed by atoms with Crippen LogP contribution in [0.4, 0.5) is 0 Å². The van der Waals surface area contributed by atoms with Gasteiger partial charge in [-0.3, -0.25) is 0 Å². The molecule has 1 aliphatic rings. The normalized spacial score (nSPS) is 13.4. The van der Waals surface area contributed by atoms with Crippen molar-refractivity contribution in [3.63, 3.8) is 0 Å². The van der Waals surface area contributed by atoms with Crippen LogP contribution in [0.1, 0.15) is 23.1 Å². The number of nitrogens with zero attached hydrogens (tertiary/aromatic N) is 3. The largest absolute Gasteiger partial charge is 0.441 e. The predicted octanol–water partition coefficient (Wildman–Crippen LogP) is 4.92. The lowest BCUT2D eigenvalue weighted by Gasteiger charge is -2.15. The molecule has 0 saturated heterocycles. The highest BCUT2D eigenvalue weighted by atomic mass is 35.5. The van der Waals surface area contributed by atoms with Crippen LogP contribution in [0, 0.1) is 18.3 Å². The standard InChI is InChI=1S/C20H17Cl2N3O2/c1-13-8-14(4-6-21)10-16(9-13)26-20-24-7-5-19(25-20)27-18-11-15(12-23)2-3-17(18)22/h2-3,8-11H,4-7H2,1H3. The van der Waals surface area contributed by atoms with Crippen LogP contribution in [0.5, 0.6) is 11.5 Å². The molecule has 0 spiro atoms. The van der Waals surface area contributed by atoms with E-state index in [1.165, 1.54) is 0 Å². The minimum Gasteiger partial charge on any atom is -0.441 e. The van der Waals surface area contributed by atoms with Gasteiger partial charge in [0, 0.05) is 18.4 Å². The fraction of sp³-hybridized carbons (Fsp3) is 0.250. The number of hydrogen-bond donors (Lipinski definition) is 0. The van der Waals surface area contributed by atoms with Crippen LogP contribution in [0.15, 0.2) is 46.4 Å². The molecule has 27 heavy (non-hydrogen) atoms. The van der Waals surface area contributed by atoms with Gasteiger partial charge in [0.25, 0.3) is 0 Å². The highest BCUT2D eigenvalue weighted by Crippen LogP contribution is 2.26. The molecule has 0 aliphatic carbocycles. The smallest absolute Gasteiger partial charge is 0.320 e. The second-order valence-electron chi connectivity index (χ2n) is 5.97. The van der Waals surface area contributed by atoms with E-state index < -0.39 is 0 Å². The van der Waals surface area contributed by atoms with E-state index in [1.54, 1.807) is 18.2 Å². The second-order valence-corrected chi connectivity index (χ2v) is 6.76. The first-order chi connectivity index (χ1) is 13.1. The Kier molecular flexibility index (Phi) is 6.33. The number of halogens is 2. The number of hydrogen-bond acceptors (Lipinski definition) is 5. The molecule has 0 unspecified atom stereocenters. The number of alkyl halides is 1. The summed E-state index contributed by atoms with van der Waals surface area (Å²) in [6.07, 6.45) is 1.28. The quantitative estimate of drug-likeness (QED) is 0.682. The van der Waals surface area contributed by atoms with E-state index in [9.17, 15) is 0 Å². The Bertz CT molecular complexity index is 949. The number of ether oxygens (including phenoxy) is 2. The Balaban J connectivity index is 1.76. The van der Waals surface area contributed by atoms with Gasteiger partial charge in [-0.2, -0.15) is 10.3 Å². The van der Waals surface area contributed by atoms with Gasteiger partial charge in [-0.05, 0) is 48.7 Å². The molecule has 0 saturated carbocycles. The van der Waals surface area contributed by atoms with Crippen molar-refractivity contribution in [1.29, 1.82) is 5.26 Å². The molecule has 0 bridgehead atoms. The van der Waals surface area contributed by atoms with E-state index in [-0.39, 0.29) is 6.02 Å². The summed E-state index contributed by atoms with van der Waals surface area (Å²) in [4.78, 5) is 8.62. The summed E-state index contributed by atoms with van der Waals surface area (Å²) in [7, 11) is 0. The number of amidine groups is 1. The molecule has 138 valence electrons. The monoisotopic (exact) mass is 401 g/mol. The first kappa shape index (κ1) is 19.2. The molecule has 5 nitrogen and oxygen atoms in total. The Hall–Kier alpha value is -2.55. The third-order valence-corrected chi connectivity index (χ3v) is 4.29. The van der Waals surface area contributed by atoms with Crippen molar-refractivity contribution in [2.45, 2.75) is 19.8 Å². The third kappa shape index (κ3) is 5.22. The molecule has 0 N–H and O–H groups in total. The highest BCUT2D eigenvalue weighted by molar-refractivity contribution is 6.32. The van der Waals surface area contributed by atoms with Crippen LogP contribution >= 0.6 is 23.2 Å². The minimum atomic E-state index is 0.228. The molecule has 1 heterocycles. The summed E-state index contributed by atoms with van der Waals surface area (Å²) >= 11 is 12.0. The van der Waals surface area contributed by atoms with Crippen LogP contribution in [-0.2, 0) is 6.42 Å². The van der Waals surface area contributed by atoms with Crippen molar-refractivity contribution >= 4 is 35.1 Å². The van der Waals surface area contributed by atoms with Gasteiger partial charge < -0.3 is 9.47 Å². The van der Waals surface area contributed by atoms with Crippen molar-refractivity contribution < 1.29 is 9.47 Å². The number of nitriles is 1. The topological polar surface area (TPSA) is 67.0 Å². The summed E-state index contributed by atoms with van der Waals surface area (Å²) in [5.74, 6) is 2.02. The Morgan fingerprint density at radius 2 is 2.04 bits per heavy atom. The molecule has 0 radical (unpaired) electrons. The maximum atomic E-state index is 9.02. The first-order valence-corrected chi connectivity index (χ1v) is 9.32. The number of aryl methyl sites for hydroxylation is 2. The van der Waals surface area contributed by atoms with Crippen molar-refractivity contribution in [3.8, 4) is 17.6 Å². The molecule has 0 fully saturated rings. The lowest BCUT2D eigenvalue weighted by atomic mass is 10.1. The maximum absolute atomic E-state index is 9.02. The zero-order valence-electron chi connectivity index (χ0n) is 14.7. The zero-order chi connectivity index (χ0) is 19.2. The molecule has 3 rings (SSSR count). The predicted molar refractivity (Wildman–Crippen MR) is 107 cm³/mol. The van der Waals surface area contributed by atoms with Gasteiger partial charge in [-0.1, -0.05) is 17.7 Å². The SMILES string of the molecule is Cc1cc(CCCl)cc(OC2=NCCC(Oc3cc(C#N)ccc3Cl)=N2)c1.